The molecule has 0 radical (unpaired) electrons. The normalized spacial score (nSPS) is 12.1. The highest BCUT2D eigenvalue weighted by Crippen LogP contribution is 2.33. The Balaban J connectivity index is 2.40. The predicted octanol–water partition coefficient (Wildman–Crippen LogP) is 3.69. The van der Waals surface area contributed by atoms with Gasteiger partial charge in [-0.15, -0.1) is 0 Å². The average molecular weight is 341 g/mol. The van der Waals surface area contributed by atoms with Crippen molar-refractivity contribution < 1.29 is 19.0 Å². The number of aliphatic hydroxyl groups is 1. The molecule has 0 heterocycles. The van der Waals surface area contributed by atoms with E-state index >= 15 is 0 Å². The number of halogens is 2. The lowest BCUT2D eigenvalue weighted by Crippen LogP contribution is -2.02. The van der Waals surface area contributed by atoms with E-state index in [9.17, 15) is 9.50 Å². The second-order valence-electron chi connectivity index (χ2n) is 4.18. The third-order valence-electron chi connectivity index (χ3n) is 2.99. The fourth-order valence-corrected chi connectivity index (χ4v) is 2.35. The lowest BCUT2D eigenvalue weighted by molar-refractivity contribution is 0.218. The van der Waals surface area contributed by atoms with Crippen molar-refractivity contribution in [3.8, 4) is 11.5 Å². The number of hydrogen-bond donors (Lipinski definition) is 1. The highest BCUT2D eigenvalue weighted by molar-refractivity contribution is 9.10. The van der Waals surface area contributed by atoms with Crippen molar-refractivity contribution in [1.82, 2.24) is 0 Å². The van der Waals surface area contributed by atoms with Gasteiger partial charge < -0.3 is 14.6 Å². The summed E-state index contributed by atoms with van der Waals surface area (Å²) in [5, 5.41) is 10.4. The van der Waals surface area contributed by atoms with Crippen molar-refractivity contribution in [2.45, 2.75) is 6.10 Å². The van der Waals surface area contributed by atoms with E-state index < -0.39 is 11.9 Å². The smallest absolute Gasteiger partial charge is 0.165 e. The van der Waals surface area contributed by atoms with Crippen molar-refractivity contribution >= 4 is 15.9 Å². The van der Waals surface area contributed by atoms with E-state index in [-0.39, 0.29) is 5.75 Å². The molecule has 0 saturated carbocycles. The fraction of sp³-hybridized carbons (Fsp3) is 0.200. The largest absolute Gasteiger partial charge is 0.497 e. The van der Waals surface area contributed by atoms with Crippen LogP contribution in [0.2, 0.25) is 0 Å². The Bertz CT molecular complexity index is 616. The number of methoxy groups -OCH3 is 2. The first-order valence-electron chi connectivity index (χ1n) is 5.91. The number of hydrogen-bond acceptors (Lipinski definition) is 3. The van der Waals surface area contributed by atoms with Crippen LogP contribution < -0.4 is 9.47 Å². The van der Waals surface area contributed by atoms with Crippen LogP contribution in [0.3, 0.4) is 0 Å². The third-order valence-corrected chi connectivity index (χ3v) is 3.71. The Kier molecular flexibility index (Phi) is 4.62. The summed E-state index contributed by atoms with van der Waals surface area (Å²) in [6.45, 7) is 0. The Morgan fingerprint density at radius 1 is 1.10 bits per heavy atom. The molecule has 0 fully saturated rings. The molecule has 1 N–H and O–H groups in total. The molecule has 2 rings (SSSR count). The molecule has 2 aromatic carbocycles. The topological polar surface area (TPSA) is 38.7 Å². The molecule has 0 aliphatic rings. The molecule has 0 spiro atoms. The first-order valence-corrected chi connectivity index (χ1v) is 6.71. The van der Waals surface area contributed by atoms with Crippen LogP contribution in [0.1, 0.15) is 17.2 Å². The first kappa shape index (κ1) is 14.8. The van der Waals surface area contributed by atoms with Crippen molar-refractivity contribution in [3.05, 3.63) is 57.8 Å². The van der Waals surface area contributed by atoms with Gasteiger partial charge in [-0.3, -0.25) is 0 Å². The maximum absolute atomic E-state index is 13.7. The molecule has 0 aliphatic heterocycles. The molecule has 3 nitrogen and oxygen atoms in total. The zero-order chi connectivity index (χ0) is 14.7. The summed E-state index contributed by atoms with van der Waals surface area (Å²) in [6.07, 6.45) is -0.958. The summed E-state index contributed by atoms with van der Waals surface area (Å²) < 4.78 is 24.4. The van der Waals surface area contributed by atoms with Crippen molar-refractivity contribution in [3.63, 3.8) is 0 Å². The Hall–Kier alpha value is -1.59. The van der Waals surface area contributed by atoms with Crippen LogP contribution >= 0.6 is 15.9 Å². The van der Waals surface area contributed by atoms with Gasteiger partial charge in [0.05, 0.1) is 14.2 Å². The van der Waals surface area contributed by atoms with Gasteiger partial charge in [-0.05, 0) is 35.9 Å². The lowest BCUT2D eigenvalue weighted by atomic mass is 10.0. The molecule has 106 valence electrons. The molecule has 0 bridgehead atoms. The lowest BCUT2D eigenvalue weighted by Gasteiger charge is -2.15. The van der Waals surface area contributed by atoms with E-state index in [0.29, 0.717) is 16.9 Å². The van der Waals surface area contributed by atoms with Crippen LogP contribution in [0, 0.1) is 5.82 Å². The zero-order valence-electron chi connectivity index (χ0n) is 11.1. The molecule has 5 heteroatoms. The van der Waals surface area contributed by atoms with Crippen LogP contribution in [0.5, 0.6) is 11.5 Å². The average Bonchev–Trinajstić information content (AvgIpc) is 2.47. The van der Waals surface area contributed by atoms with E-state index in [1.807, 2.05) is 0 Å². The van der Waals surface area contributed by atoms with Crippen molar-refractivity contribution in [2.24, 2.45) is 0 Å². The van der Waals surface area contributed by atoms with Gasteiger partial charge in [0.25, 0.3) is 0 Å². The second-order valence-corrected chi connectivity index (χ2v) is 5.04. The standard InChI is InChI=1S/C15H14BrFO3/c1-19-10-4-5-12(16)11(8-10)15(18)9-3-6-14(20-2)13(17)7-9/h3-8,15,18H,1-2H3. The summed E-state index contributed by atoms with van der Waals surface area (Å²) in [7, 11) is 2.94. The summed E-state index contributed by atoms with van der Waals surface area (Å²) in [6, 6.07) is 9.62. The van der Waals surface area contributed by atoms with E-state index in [4.69, 9.17) is 9.47 Å². The minimum Gasteiger partial charge on any atom is -0.497 e. The molecule has 1 atom stereocenters. The molecule has 0 amide bonds. The number of benzene rings is 2. The summed E-state index contributed by atoms with van der Waals surface area (Å²) >= 11 is 3.37. The Morgan fingerprint density at radius 2 is 1.85 bits per heavy atom. The fourth-order valence-electron chi connectivity index (χ4n) is 1.89. The van der Waals surface area contributed by atoms with E-state index in [2.05, 4.69) is 15.9 Å². The van der Waals surface area contributed by atoms with Crippen LogP contribution in [0.25, 0.3) is 0 Å². The van der Waals surface area contributed by atoms with Gasteiger partial charge in [0.15, 0.2) is 11.6 Å². The van der Waals surface area contributed by atoms with Crippen molar-refractivity contribution in [1.29, 1.82) is 0 Å². The molecule has 2 aromatic rings. The quantitative estimate of drug-likeness (QED) is 0.922. The van der Waals surface area contributed by atoms with Gasteiger partial charge in [-0.1, -0.05) is 22.0 Å². The Morgan fingerprint density at radius 3 is 2.45 bits per heavy atom. The minimum absolute atomic E-state index is 0.144. The summed E-state index contributed by atoms with van der Waals surface area (Å²) in [4.78, 5) is 0. The molecule has 20 heavy (non-hydrogen) atoms. The number of rotatable bonds is 4. The maximum atomic E-state index is 13.7. The third kappa shape index (κ3) is 2.94. The van der Waals surface area contributed by atoms with Crippen molar-refractivity contribution in [2.75, 3.05) is 14.2 Å². The monoisotopic (exact) mass is 340 g/mol. The molecule has 1 unspecified atom stereocenters. The summed E-state index contributed by atoms with van der Waals surface area (Å²) in [5.74, 6) is 0.255. The van der Waals surface area contributed by atoms with Gasteiger partial charge in [0.1, 0.15) is 11.9 Å². The SMILES string of the molecule is COc1ccc(Br)c(C(O)c2ccc(OC)c(F)c2)c1. The molecular weight excluding hydrogens is 327 g/mol. The van der Waals surface area contributed by atoms with Crippen LogP contribution in [-0.4, -0.2) is 19.3 Å². The van der Waals surface area contributed by atoms with Crippen LogP contribution in [-0.2, 0) is 0 Å². The van der Waals surface area contributed by atoms with E-state index in [1.54, 1.807) is 31.4 Å². The van der Waals surface area contributed by atoms with Gasteiger partial charge in [0.2, 0.25) is 0 Å². The van der Waals surface area contributed by atoms with Gasteiger partial charge >= 0.3 is 0 Å². The Labute approximate surface area is 125 Å². The van der Waals surface area contributed by atoms with Gasteiger partial charge in [-0.2, -0.15) is 0 Å². The highest BCUT2D eigenvalue weighted by atomic mass is 79.9. The van der Waals surface area contributed by atoms with E-state index in [0.717, 1.165) is 4.47 Å². The second kappa shape index (κ2) is 6.24. The predicted molar refractivity (Wildman–Crippen MR) is 77.7 cm³/mol. The summed E-state index contributed by atoms with van der Waals surface area (Å²) in [5.41, 5.74) is 1.05. The number of aliphatic hydroxyl groups excluding tert-OH is 1. The molecule has 0 aliphatic carbocycles. The minimum atomic E-state index is -0.958. The van der Waals surface area contributed by atoms with E-state index in [1.165, 1.54) is 19.2 Å². The first-order chi connectivity index (χ1) is 9.56. The van der Waals surface area contributed by atoms with Crippen LogP contribution in [0.15, 0.2) is 40.9 Å². The molecule has 0 saturated heterocycles. The maximum Gasteiger partial charge on any atom is 0.165 e. The molecule has 0 aromatic heterocycles. The zero-order valence-corrected chi connectivity index (χ0v) is 12.6. The number of ether oxygens (including phenoxy) is 2. The van der Waals surface area contributed by atoms with Gasteiger partial charge in [0, 0.05) is 10.0 Å². The van der Waals surface area contributed by atoms with Crippen LogP contribution in [0.4, 0.5) is 4.39 Å². The highest BCUT2D eigenvalue weighted by Gasteiger charge is 2.16. The molecular formula is C15H14BrFO3. The van der Waals surface area contributed by atoms with Gasteiger partial charge in [-0.25, -0.2) is 4.39 Å².